The van der Waals surface area contributed by atoms with Crippen LogP contribution in [0, 0.1) is 5.41 Å². The molecule has 6 bridgehead atoms. The number of aromatic nitrogens is 2. The number of hydrogen-bond donors (Lipinski definition) is 2. The molecule has 16 heteroatoms. The summed E-state index contributed by atoms with van der Waals surface area (Å²) in [6, 6.07) is 1.09. The van der Waals surface area contributed by atoms with Crippen molar-refractivity contribution in [1.29, 1.82) is 0 Å². The first kappa shape index (κ1) is 41.1. The summed E-state index contributed by atoms with van der Waals surface area (Å²) < 4.78 is 54.8. The zero-order valence-electron chi connectivity index (χ0n) is 32.7. The Morgan fingerprint density at radius 1 is 1.27 bits per heavy atom. The van der Waals surface area contributed by atoms with Gasteiger partial charge in [0.15, 0.2) is 0 Å². The van der Waals surface area contributed by atoms with Crippen molar-refractivity contribution in [1.82, 2.24) is 30.2 Å². The van der Waals surface area contributed by atoms with Gasteiger partial charge < -0.3 is 24.3 Å². The van der Waals surface area contributed by atoms with Crippen LogP contribution in [0.3, 0.4) is 0 Å². The van der Waals surface area contributed by atoms with Gasteiger partial charge in [-0.3, -0.25) is 19.6 Å². The number of aryl methyl sites for hydroxylation is 1. The Bertz CT molecular complexity index is 2050. The van der Waals surface area contributed by atoms with Gasteiger partial charge in [0.2, 0.25) is 0 Å². The van der Waals surface area contributed by atoms with Gasteiger partial charge in [-0.2, -0.15) is 13.2 Å². The Labute approximate surface area is 328 Å². The van der Waals surface area contributed by atoms with Crippen LogP contribution in [0.1, 0.15) is 70.1 Å². The molecule has 12 nitrogen and oxygen atoms in total. The van der Waals surface area contributed by atoms with Crippen molar-refractivity contribution in [3.05, 3.63) is 58.2 Å². The topological polar surface area (TPSA) is 130 Å². The minimum atomic E-state index is -4.59. The predicted octanol–water partition coefficient (Wildman–Crippen LogP) is 6.69. The first-order valence-electron chi connectivity index (χ1n) is 19.0. The number of hydrazine groups is 1. The van der Waals surface area contributed by atoms with Gasteiger partial charge in [-0.1, -0.05) is 32.6 Å². The summed E-state index contributed by atoms with van der Waals surface area (Å²) in [7, 11) is 1.64. The fraction of sp³-hybridized carbons (Fsp3) is 0.525. The SMILES string of the molecule is C=C/C(=C(\N=CC)[C@H](C)OC)c1c2c3cc(ccc3n1CC)-c1csc(n1)C[C@H](NC(=O)N1CC[C@H]1C(F)(F)F)C(=O)N1CCC[C@H](N1)C(=O)OCC(C)(C)C2. The highest BCUT2D eigenvalue weighted by molar-refractivity contribution is 7.10. The second-order valence-electron chi connectivity index (χ2n) is 15.2. The van der Waals surface area contributed by atoms with E-state index in [4.69, 9.17) is 19.5 Å². The highest BCUT2D eigenvalue weighted by Crippen LogP contribution is 2.40. The van der Waals surface area contributed by atoms with Gasteiger partial charge in [0.25, 0.3) is 5.91 Å². The molecule has 0 spiro atoms. The molecule has 1 aromatic carbocycles. The van der Waals surface area contributed by atoms with Crippen LogP contribution >= 0.6 is 11.3 Å². The van der Waals surface area contributed by atoms with Gasteiger partial charge in [-0.25, -0.2) is 15.2 Å². The number of ether oxygens (including phenoxy) is 2. The van der Waals surface area contributed by atoms with Crippen LogP contribution in [-0.4, -0.2) is 101 Å². The number of halogens is 3. The predicted molar refractivity (Wildman–Crippen MR) is 210 cm³/mol. The largest absolute Gasteiger partial charge is 0.464 e. The molecule has 4 atom stereocenters. The Morgan fingerprint density at radius 2 is 2.04 bits per heavy atom. The number of alkyl halides is 3. The number of thiazole rings is 1. The van der Waals surface area contributed by atoms with Gasteiger partial charge in [-0.15, -0.1) is 11.3 Å². The molecule has 5 heterocycles. The number of aliphatic imine (C=N–C) groups is 1. The van der Waals surface area contributed by atoms with Gasteiger partial charge in [0, 0.05) is 72.2 Å². The minimum Gasteiger partial charge on any atom is -0.464 e. The molecule has 3 aromatic rings. The maximum atomic E-state index is 14.1. The van der Waals surface area contributed by atoms with Gasteiger partial charge in [-0.05, 0) is 64.2 Å². The summed E-state index contributed by atoms with van der Waals surface area (Å²) in [6.07, 6.45) is -0.283. The maximum absolute atomic E-state index is 14.1. The number of cyclic esters (lactones) is 1. The van der Waals surface area contributed by atoms with Crippen molar-refractivity contribution in [2.75, 3.05) is 26.8 Å². The lowest BCUT2D eigenvalue weighted by Crippen LogP contribution is -2.65. The molecule has 0 unspecified atom stereocenters. The lowest BCUT2D eigenvalue weighted by molar-refractivity contribution is -0.199. The van der Waals surface area contributed by atoms with E-state index >= 15 is 0 Å². The van der Waals surface area contributed by atoms with Crippen molar-refractivity contribution >= 4 is 51.9 Å². The Kier molecular flexibility index (Phi) is 12.1. The zero-order valence-corrected chi connectivity index (χ0v) is 33.5. The van der Waals surface area contributed by atoms with Crippen LogP contribution in [0.25, 0.3) is 27.7 Å². The number of carbonyl (C=O) groups excluding carboxylic acids is 3. The number of amides is 3. The summed E-state index contributed by atoms with van der Waals surface area (Å²) >= 11 is 1.29. The van der Waals surface area contributed by atoms with Crippen LogP contribution in [0.5, 0.6) is 0 Å². The number of rotatable bonds is 7. The standard InChI is InChI=1S/C40H50F3N7O5S/c1-8-25(34(44-9-2)23(4)54-7)35-27-20-39(5,6)22-55-37(52)28-12-11-16-50(47-28)36(51)29(46-38(53)49-17-15-32(49)40(41,42)43)19-33-45-30(21-56-33)24-13-14-31(26(27)18-24)48(35)10-3/h8-9,13-14,18,21,23,28-29,32,47H,1,10-12,15-17,19-20,22H2,2-7H3,(H,46,53)/b34-25+,44-9?/t23-,28-,29-,32-/m0/s1. The number of benzene rings is 1. The Morgan fingerprint density at radius 3 is 2.68 bits per heavy atom. The van der Waals surface area contributed by atoms with E-state index in [2.05, 4.69) is 34.9 Å². The summed E-state index contributed by atoms with van der Waals surface area (Å²) in [5, 5.41) is 7.18. The second-order valence-corrected chi connectivity index (χ2v) is 16.1. The first-order chi connectivity index (χ1) is 26.6. The average molecular weight is 798 g/mol. The Balaban J connectivity index is 1.48. The third-order valence-corrected chi connectivity index (χ3v) is 11.6. The molecule has 56 heavy (non-hydrogen) atoms. The van der Waals surface area contributed by atoms with E-state index in [9.17, 15) is 27.6 Å². The molecular formula is C40H50F3N7O5S. The number of esters is 1. The lowest BCUT2D eigenvalue weighted by Gasteiger charge is -2.42. The van der Waals surface area contributed by atoms with Crippen molar-refractivity contribution in [2.24, 2.45) is 10.4 Å². The van der Waals surface area contributed by atoms with Crippen molar-refractivity contribution < 1.29 is 37.0 Å². The molecule has 3 aliphatic heterocycles. The van der Waals surface area contributed by atoms with E-state index in [1.807, 2.05) is 51.3 Å². The quantitative estimate of drug-likeness (QED) is 0.155. The average Bonchev–Trinajstić information content (AvgIpc) is 3.73. The monoisotopic (exact) mass is 797 g/mol. The van der Waals surface area contributed by atoms with Crippen molar-refractivity contribution in [3.8, 4) is 11.3 Å². The van der Waals surface area contributed by atoms with E-state index < -0.39 is 47.6 Å². The number of nitrogens with one attached hydrogen (secondary N) is 2. The van der Waals surface area contributed by atoms with Crippen LogP contribution < -0.4 is 10.7 Å². The maximum Gasteiger partial charge on any atom is 0.408 e. The number of methoxy groups -OCH3 is 1. The number of carbonyl (C=O) groups is 3. The van der Waals surface area contributed by atoms with Gasteiger partial charge in [0.1, 0.15) is 18.1 Å². The van der Waals surface area contributed by atoms with Crippen LogP contribution in [0.4, 0.5) is 18.0 Å². The molecular weight excluding hydrogens is 748 g/mol. The van der Waals surface area contributed by atoms with E-state index in [-0.39, 0.29) is 38.6 Å². The fourth-order valence-corrected chi connectivity index (χ4v) is 8.53. The molecule has 2 aromatic heterocycles. The molecule has 0 radical (unpaired) electrons. The van der Waals surface area contributed by atoms with Gasteiger partial charge in [0.05, 0.1) is 34.8 Å². The van der Waals surface area contributed by atoms with E-state index in [1.165, 1.54) is 16.3 Å². The normalized spacial score (nSPS) is 23.0. The number of urea groups is 1. The Hall–Kier alpha value is -4.54. The molecule has 2 N–H and O–H groups in total. The number of allylic oxidation sites excluding steroid dienone is 2. The minimum absolute atomic E-state index is 0.0712. The summed E-state index contributed by atoms with van der Waals surface area (Å²) in [5.41, 5.74) is 8.35. The third kappa shape index (κ3) is 8.28. The second kappa shape index (κ2) is 16.5. The number of hydrogen-bond acceptors (Lipinski definition) is 9. The van der Waals surface area contributed by atoms with Crippen LogP contribution in [0.15, 0.2) is 46.9 Å². The molecule has 2 fully saturated rings. The van der Waals surface area contributed by atoms with Crippen LogP contribution in [0.2, 0.25) is 0 Å². The third-order valence-electron chi connectivity index (χ3n) is 10.7. The summed E-state index contributed by atoms with van der Waals surface area (Å²) in [6.45, 7) is 15.0. The molecule has 2 saturated heterocycles. The van der Waals surface area contributed by atoms with E-state index in [0.29, 0.717) is 41.4 Å². The number of nitrogens with zero attached hydrogens (tertiary/aromatic N) is 5. The number of likely N-dealkylation sites (tertiary alicyclic amines) is 1. The number of fused-ring (bicyclic) bond motifs is 6. The summed E-state index contributed by atoms with van der Waals surface area (Å²) in [5.74, 6) is -1.12. The van der Waals surface area contributed by atoms with Crippen LogP contribution in [-0.2, 0) is 38.4 Å². The van der Waals surface area contributed by atoms with E-state index in [0.717, 1.165) is 39.0 Å². The zero-order chi connectivity index (χ0) is 40.5. The molecule has 0 aliphatic carbocycles. The fourth-order valence-electron chi connectivity index (χ4n) is 7.68. The molecule has 302 valence electrons. The summed E-state index contributed by atoms with van der Waals surface area (Å²) in [4.78, 5) is 51.2. The highest BCUT2D eigenvalue weighted by atomic mass is 32.1. The molecule has 0 saturated carbocycles. The highest BCUT2D eigenvalue weighted by Gasteiger charge is 2.51. The van der Waals surface area contributed by atoms with E-state index in [1.54, 1.807) is 13.3 Å². The van der Waals surface area contributed by atoms with Crippen molar-refractivity contribution in [3.63, 3.8) is 0 Å². The van der Waals surface area contributed by atoms with Crippen molar-refractivity contribution in [2.45, 2.75) is 104 Å². The molecule has 6 rings (SSSR count). The molecule has 3 amide bonds. The smallest absolute Gasteiger partial charge is 0.408 e. The lowest BCUT2D eigenvalue weighted by atomic mass is 9.84. The van der Waals surface area contributed by atoms with Gasteiger partial charge >= 0.3 is 18.2 Å². The molecule has 3 aliphatic rings. The first-order valence-corrected chi connectivity index (χ1v) is 19.8.